The minimum Gasteiger partial charge on any atom is -0.352 e. The second kappa shape index (κ2) is 12.8. The van der Waals surface area contributed by atoms with Gasteiger partial charge in [-0.2, -0.15) is 0 Å². The van der Waals surface area contributed by atoms with Gasteiger partial charge >= 0.3 is 0 Å². The summed E-state index contributed by atoms with van der Waals surface area (Å²) >= 11 is 6.06. The van der Waals surface area contributed by atoms with E-state index >= 15 is 0 Å². The maximum absolute atomic E-state index is 13.9. The van der Waals surface area contributed by atoms with Crippen molar-refractivity contribution in [3.05, 3.63) is 64.2 Å². The van der Waals surface area contributed by atoms with Gasteiger partial charge in [0.15, 0.2) is 0 Å². The van der Waals surface area contributed by atoms with Crippen LogP contribution in [0.25, 0.3) is 0 Å². The Kier molecular flexibility index (Phi) is 10.0. The molecule has 0 aromatic heterocycles. The third-order valence-electron chi connectivity index (χ3n) is 6.92. The highest BCUT2D eigenvalue weighted by molar-refractivity contribution is 7.92. The number of nitrogens with zero attached hydrogens (tertiary/aromatic N) is 2. The zero-order valence-corrected chi connectivity index (χ0v) is 23.7. The molecule has 2 amide bonds. The Labute approximate surface area is 226 Å². The molecule has 3 rings (SSSR count). The number of halogens is 1. The van der Waals surface area contributed by atoms with Crippen molar-refractivity contribution in [2.75, 3.05) is 17.1 Å². The fraction of sp³-hybridized carbons (Fsp3) is 0.500. The summed E-state index contributed by atoms with van der Waals surface area (Å²) in [4.78, 5) is 28.8. The number of carbonyl (C=O) groups is 2. The van der Waals surface area contributed by atoms with Crippen molar-refractivity contribution in [2.24, 2.45) is 0 Å². The molecule has 2 aromatic carbocycles. The van der Waals surface area contributed by atoms with Crippen molar-refractivity contribution in [3.63, 3.8) is 0 Å². The molecule has 0 heterocycles. The van der Waals surface area contributed by atoms with Gasteiger partial charge in [-0.1, -0.05) is 62.1 Å². The number of rotatable bonds is 10. The average molecular weight is 548 g/mol. The van der Waals surface area contributed by atoms with Crippen LogP contribution in [-0.2, 0) is 26.2 Å². The van der Waals surface area contributed by atoms with Crippen LogP contribution in [0.4, 0.5) is 5.69 Å². The van der Waals surface area contributed by atoms with E-state index < -0.39 is 28.5 Å². The number of hydrogen-bond acceptors (Lipinski definition) is 4. The molecule has 1 unspecified atom stereocenters. The first-order valence-electron chi connectivity index (χ1n) is 12.9. The van der Waals surface area contributed by atoms with Gasteiger partial charge in [0.1, 0.15) is 12.6 Å². The molecule has 1 atom stereocenters. The lowest BCUT2D eigenvalue weighted by molar-refractivity contribution is -0.140. The molecule has 0 bridgehead atoms. The van der Waals surface area contributed by atoms with Gasteiger partial charge in [-0.3, -0.25) is 13.9 Å². The molecule has 1 aliphatic rings. The highest BCUT2D eigenvalue weighted by Crippen LogP contribution is 2.25. The van der Waals surface area contributed by atoms with Crippen molar-refractivity contribution in [1.82, 2.24) is 10.2 Å². The van der Waals surface area contributed by atoms with Crippen molar-refractivity contribution < 1.29 is 18.0 Å². The van der Waals surface area contributed by atoms with Crippen LogP contribution < -0.4 is 9.62 Å². The number of anilines is 1. The van der Waals surface area contributed by atoms with Crippen molar-refractivity contribution in [3.8, 4) is 0 Å². The molecule has 2 aromatic rings. The zero-order valence-electron chi connectivity index (χ0n) is 22.2. The Hall–Kier alpha value is -2.58. The molecule has 1 aliphatic carbocycles. The molecular formula is C28H38ClN3O4S. The lowest BCUT2D eigenvalue weighted by Gasteiger charge is -2.34. The second-order valence-electron chi connectivity index (χ2n) is 9.98. The number of hydrogen-bond donors (Lipinski definition) is 1. The van der Waals surface area contributed by atoms with Gasteiger partial charge in [-0.05, 0) is 68.0 Å². The topological polar surface area (TPSA) is 86.8 Å². The first kappa shape index (κ1) is 29.0. The Balaban J connectivity index is 1.93. The molecule has 9 heteroatoms. The van der Waals surface area contributed by atoms with E-state index in [1.54, 1.807) is 18.2 Å². The van der Waals surface area contributed by atoms with Crippen LogP contribution in [-0.4, -0.2) is 50.0 Å². The Bertz CT molecular complexity index is 1190. The summed E-state index contributed by atoms with van der Waals surface area (Å²) in [7, 11) is -3.77. The first-order valence-corrected chi connectivity index (χ1v) is 15.1. The van der Waals surface area contributed by atoms with Crippen LogP contribution in [0.1, 0.15) is 62.1 Å². The van der Waals surface area contributed by atoms with Gasteiger partial charge in [0.05, 0.1) is 11.9 Å². The number of aryl methyl sites for hydroxylation is 2. The predicted molar refractivity (Wildman–Crippen MR) is 149 cm³/mol. The third kappa shape index (κ3) is 7.95. The van der Waals surface area contributed by atoms with Crippen LogP contribution in [0.5, 0.6) is 0 Å². The van der Waals surface area contributed by atoms with Gasteiger partial charge < -0.3 is 10.2 Å². The lowest BCUT2D eigenvalue weighted by atomic mass is 9.95. The quantitative estimate of drug-likeness (QED) is 0.454. The Morgan fingerprint density at radius 1 is 1.05 bits per heavy atom. The molecule has 1 saturated carbocycles. The van der Waals surface area contributed by atoms with E-state index in [1.807, 2.05) is 45.0 Å². The third-order valence-corrected chi connectivity index (χ3v) is 8.29. The molecule has 37 heavy (non-hydrogen) atoms. The number of carbonyl (C=O) groups excluding carboxylic acids is 2. The monoisotopic (exact) mass is 547 g/mol. The average Bonchev–Trinajstić information content (AvgIpc) is 2.85. The largest absolute Gasteiger partial charge is 0.352 e. The summed E-state index contributed by atoms with van der Waals surface area (Å²) < 4.78 is 26.8. The molecule has 0 aliphatic heterocycles. The fourth-order valence-electron chi connectivity index (χ4n) is 4.83. The lowest BCUT2D eigenvalue weighted by Crippen LogP contribution is -2.54. The van der Waals surface area contributed by atoms with Crippen molar-refractivity contribution >= 4 is 39.1 Å². The van der Waals surface area contributed by atoms with Gasteiger partial charge in [-0.15, -0.1) is 0 Å². The van der Waals surface area contributed by atoms with E-state index in [0.717, 1.165) is 52.9 Å². The van der Waals surface area contributed by atoms with Crippen LogP contribution in [0, 0.1) is 13.8 Å². The highest BCUT2D eigenvalue weighted by Gasteiger charge is 2.33. The van der Waals surface area contributed by atoms with E-state index in [2.05, 4.69) is 5.32 Å². The van der Waals surface area contributed by atoms with Crippen LogP contribution in [0.15, 0.2) is 42.5 Å². The second-order valence-corrected chi connectivity index (χ2v) is 12.3. The van der Waals surface area contributed by atoms with E-state index in [-0.39, 0.29) is 18.5 Å². The highest BCUT2D eigenvalue weighted by atomic mass is 35.5. The number of benzene rings is 2. The van der Waals surface area contributed by atoms with Crippen LogP contribution in [0.2, 0.25) is 5.02 Å². The standard InChI is InChI=1S/C28H38ClN3O4S/c1-5-25(28(34)30-24-9-7-6-8-10-24)31(18-22-13-15-23(29)16-14-22)27(33)19-32(37(4,35)36)26-17-20(2)11-12-21(26)3/h11-17,24-25H,5-10,18-19H2,1-4H3,(H,30,34). The fourth-order valence-corrected chi connectivity index (χ4v) is 5.86. The predicted octanol–water partition coefficient (Wildman–Crippen LogP) is 4.98. The maximum Gasteiger partial charge on any atom is 0.244 e. The maximum atomic E-state index is 13.9. The molecule has 0 spiro atoms. The van der Waals surface area contributed by atoms with Crippen molar-refractivity contribution in [1.29, 1.82) is 0 Å². The number of amides is 2. The molecule has 1 fully saturated rings. The first-order chi connectivity index (χ1) is 17.5. The van der Waals surface area contributed by atoms with Crippen LogP contribution >= 0.6 is 11.6 Å². The summed E-state index contributed by atoms with van der Waals surface area (Å²) in [5, 5.41) is 3.72. The molecule has 202 valence electrons. The number of sulfonamides is 1. The Morgan fingerprint density at radius 3 is 2.30 bits per heavy atom. The smallest absolute Gasteiger partial charge is 0.244 e. The van der Waals surface area contributed by atoms with E-state index in [0.29, 0.717) is 17.1 Å². The summed E-state index contributed by atoms with van der Waals surface area (Å²) in [5.74, 6) is -0.638. The summed E-state index contributed by atoms with van der Waals surface area (Å²) in [5.41, 5.74) is 2.90. The summed E-state index contributed by atoms with van der Waals surface area (Å²) in [6.07, 6.45) is 6.69. The molecule has 0 saturated heterocycles. The van der Waals surface area contributed by atoms with Gasteiger partial charge in [0.2, 0.25) is 21.8 Å². The molecule has 7 nitrogen and oxygen atoms in total. The molecule has 1 N–H and O–H groups in total. The summed E-state index contributed by atoms with van der Waals surface area (Å²) in [6, 6.07) is 12.0. The molecular weight excluding hydrogens is 510 g/mol. The zero-order chi connectivity index (χ0) is 27.2. The molecule has 0 radical (unpaired) electrons. The minimum atomic E-state index is -3.77. The van der Waals surface area contributed by atoms with Gasteiger partial charge in [0, 0.05) is 17.6 Å². The summed E-state index contributed by atoms with van der Waals surface area (Å²) in [6.45, 7) is 5.32. The van der Waals surface area contributed by atoms with Gasteiger partial charge in [-0.25, -0.2) is 8.42 Å². The van der Waals surface area contributed by atoms with Crippen LogP contribution in [0.3, 0.4) is 0 Å². The van der Waals surface area contributed by atoms with E-state index in [4.69, 9.17) is 11.6 Å². The Morgan fingerprint density at radius 2 is 1.70 bits per heavy atom. The number of nitrogens with one attached hydrogen (secondary N) is 1. The normalized spacial score (nSPS) is 15.2. The van der Waals surface area contributed by atoms with Crippen molar-refractivity contribution in [2.45, 2.75) is 77.9 Å². The SMILES string of the molecule is CCC(C(=O)NC1CCCCC1)N(Cc1ccc(Cl)cc1)C(=O)CN(c1cc(C)ccc1C)S(C)(=O)=O. The van der Waals surface area contributed by atoms with E-state index in [1.165, 1.54) is 11.3 Å². The minimum absolute atomic E-state index is 0.102. The van der Waals surface area contributed by atoms with E-state index in [9.17, 15) is 18.0 Å². The van der Waals surface area contributed by atoms with Gasteiger partial charge in [0.25, 0.3) is 0 Å².